The Balaban J connectivity index is 1.93. The molecule has 0 N–H and O–H groups in total. The lowest BCUT2D eigenvalue weighted by Crippen LogP contribution is -2.40. The second-order valence-corrected chi connectivity index (χ2v) is 9.00. The van der Waals surface area contributed by atoms with Crippen molar-refractivity contribution in [3.05, 3.63) is 94.7 Å². The molecular formula is C26H25N3O7S. The summed E-state index contributed by atoms with van der Waals surface area (Å²) < 4.78 is 18.3. The largest absolute Gasteiger partial charge is 0.493 e. The van der Waals surface area contributed by atoms with E-state index < -0.39 is 16.9 Å². The normalized spacial score (nSPS) is 15.1. The van der Waals surface area contributed by atoms with Crippen LogP contribution in [0.5, 0.6) is 11.5 Å². The number of carbonyl (C=O) groups is 1. The van der Waals surface area contributed by atoms with E-state index in [0.29, 0.717) is 44.3 Å². The van der Waals surface area contributed by atoms with Crippen molar-refractivity contribution in [2.24, 2.45) is 4.99 Å². The maximum Gasteiger partial charge on any atom is 0.338 e. The fourth-order valence-corrected chi connectivity index (χ4v) is 5.13. The molecule has 0 aliphatic carbocycles. The fourth-order valence-electron chi connectivity index (χ4n) is 4.08. The third-order valence-corrected chi connectivity index (χ3v) is 6.70. The number of hydrogen-bond donors (Lipinski definition) is 0. The molecule has 3 aromatic rings. The molecule has 37 heavy (non-hydrogen) atoms. The third-order valence-electron chi connectivity index (χ3n) is 5.72. The number of non-ortho nitro benzene ring substituents is 1. The van der Waals surface area contributed by atoms with Gasteiger partial charge in [-0.25, -0.2) is 9.79 Å². The summed E-state index contributed by atoms with van der Waals surface area (Å²) in [5, 5.41) is 11.0. The SMILES string of the molecule is CCOC(=O)C1=C(C)N=c2s/c(=C\c3ccc([N+](=O)[O-])cc3)c(=O)n2[C@H]1c1ccc(OC)c(OCC)c1. The van der Waals surface area contributed by atoms with Crippen molar-refractivity contribution in [2.75, 3.05) is 20.3 Å². The quantitative estimate of drug-likeness (QED) is 0.253. The molecule has 192 valence electrons. The van der Waals surface area contributed by atoms with E-state index in [-0.39, 0.29) is 23.4 Å². The topological polar surface area (TPSA) is 122 Å². The first kappa shape index (κ1) is 25.8. The zero-order chi connectivity index (χ0) is 26.7. The van der Waals surface area contributed by atoms with Crippen molar-refractivity contribution in [3.8, 4) is 11.5 Å². The van der Waals surface area contributed by atoms with Gasteiger partial charge in [-0.15, -0.1) is 0 Å². The molecule has 0 saturated carbocycles. The highest BCUT2D eigenvalue weighted by molar-refractivity contribution is 7.07. The van der Waals surface area contributed by atoms with Gasteiger partial charge in [0.1, 0.15) is 0 Å². The van der Waals surface area contributed by atoms with Crippen molar-refractivity contribution in [1.82, 2.24) is 4.57 Å². The van der Waals surface area contributed by atoms with E-state index in [4.69, 9.17) is 14.2 Å². The van der Waals surface area contributed by atoms with Crippen molar-refractivity contribution >= 4 is 29.1 Å². The van der Waals surface area contributed by atoms with Gasteiger partial charge in [0.2, 0.25) is 0 Å². The van der Waals surface area contributed by atoms with Gasteiger partial charge in [0.05, 0.1) is 47.1 Å². The Morgan fingerprint density at radius 2 is 1.89 bits per heavy atom. The Kier molecular flexibility index (Phi) is 7.53. The van der Waals surface area contributed by atoms with Crippen LogP contribution in [-0.4, -0.2) is 35.8 Å². The van der Waals surface area contributed by atoms with Crippen molar-refractivity contribution in [3.63, 3.8) is 0 Å². The Hall–Kier alpha value is -4.25. The van der Waals surface area contributed by atoms with E-state index in [1.165, 1.54) is 35.1 Å². The Morgan fingerprint density at radius 1 is 1.16 bits per heavy atom. The fraction of sp³-hybridized carbons (Fsp3) is 0.269. The number of carbonyl (C=O) groups excluding carboxylic acids is 1. The van der Waals surface area contributed by atoms with Gasteiger partial charge >= 0.3 is 5.97 Å². The summed E-state index contributed by atoms with van der Waals surface area (Å²) in [7, 11) is 1.53. The van der Waals surface area contributed by atoms with Gasteiger partial charge in [0.15, 0.2) is 16.3 Å². The summed E-state index contributed by atoms with van der Waals surface area (Å²) in [6, 6.07) is 10.3. The molecule has 1 atom stereocenters. The molecule has 2 heterocycles. The molecular weight excluding hydrogens is 498 g/mol. The number of methoxy groups -OCH3 is 1. The Bertz CT molecular complexity index is 1570. The summed E-state index contributed by atoms with van der Waals surface area (Å²) in [6.07, 6.45) is 1.65. The molecule has 1 aliphatic heterocycles. The highest BCUT2D eigenvalue weighted by atomic mass is 32.1. The zero-order valence-electron chi connectivity index (χ0n) is 20.7. The summed E-state index contributed by atoms with van der Waals surface area (Å²) >= 11 is 1.17. The van der Waals surface area contributed by atoms with Crippen LogP contribution in [-0.2, 0) is 9.53 Å². The van der Waals surface area contributed by atoms with E-state index >= 15 is 0 Å². The number of fused-ring (bicyclic) bond motifs is 1. The van der Waals surface area contributed by atoms with Crippen LogP contribution in [0.25, 0.3) is 6.08 Å². The smallest absolute Gasteiger partial charge is 0.338 e. The highest BCUT2D eigenvalue weighted by Crippen LogP contribution is 2.36. The van der Waals surface area contributed by atoms with Crippen LogP contribution in [0, 0.1) is 10.1 Å². The number of nitro groups is 1. The van der Waals surface area contributed by atoms with Gasteiger partial charge in [-0.2, -0.15) is 0 Å². The van der Waals surface area contributed by atoms with Crippen molar-refractivity contribution in [1.29, 1.82) is 0 Å². The molecule has 10 nitrogen and oxygen atoms in total. The minimum absolute atomic E-state index is 0.0436. The molecule has 1 aliphatic rings. The molecule has 0 bridgehead atoms. The van der Waals surface area contributed by atoms with Crippen LogP contribution in [0.4, 0.5) is 5.69 Å². The highest BCUT2D eigenvalue weighted by Gasteiger charge is 2.34. The number of aromatic nitrogens is 1. The summed E-state index contributed by atoms with van der Waals surface area (Å²) in [5.41, 5.74) is 1.55. The van der Waals surface area contributed by atoms with E-state index in [1.54, 1.807) is 50.3 Å². The average molecular weight is 524 g/mol. The third kappa shape index (κ3) is 5.03. The first-order chi connectivity index (χ1) is 17.8. The molecule has 0 saturated heterocycles. The van der Waals surface area contributed by atoms with Gasteiger partial charge in [0, 0.05) is 12.1 Å². The van der Waals surface area contributed by atoms with Crippen molar-refractivity contribution < 1.29 is 23.9 Å². The predicted octanol–water partition coefficient (Wildman–Crippen LogP) is 3.11. The summed E-state index contributed by atoms with van der Waals surface area (Å²) in [6.45, 7) is 5.83. The molecule has 0 unspecified atom stereocenters. The van der Waals surface area contributed by atoms with E-state index in [9.17, 15) is 19.7 Å². The number of thiazole rings is 1. The standard InChI is InChI=1S/C26H25N3O7S/c1-5-35-20-14-17(9-12-19(20)34-4)23-22(25(31)36-6-2)15(3)27-26-28(23)24(30)21(37-26)13-16-7-10-18(11-8-16)29(32)33/h7-14,23H,5-6H2,1-4H3/b21-13-/t23-/m0/s1. The summed E-state index contributed by atoms with van der Waals surface area (Å²) in [4.78, 5) is 42.2. The zero-order valence-corrected chi connectivity index (χ0v) is 21.5. The monoisotopic (exact) mass is 523 g/mol. The van der Waals surface area contributed by atoms with Crippen LogP contribution in [0.15, 0.2) is 63.5 Å². The Labute approximate surface area is 215 Å². The lowest BCUT2D eigenvalue weighted by atomic mass is 9.95. The molecule has 2 aromatic carbocycles. The molecule has 4 rings (SSSR count). The molecule has 0 fully saturated rings. The van der Waals surface area contributed by atoms with Crippen LogP contribution < -0.4 is 24.4 Å². The predicted molar refractivity (Wildman–Crippen MR) is 138 cm³/mol. The van der Waals surface area contributed by atoms with E-state index in [1.807, 2.05) is 6.92 Å². The maximum atomic E-state index is 13.7. The molecule has 11 heteroatoms. The lowest BCUT2D eigenvalue weighted by Gasteiger charge is -2.25. The van der Waals surface area contributed by atoms with Crippen LogP contribution in [0.1, 0.15) is 37.9 Å². The first-order valence-corrected chi connectivity index (χ1v) is 12.4. The number of nitro benzene ring substituents is 1. The second kappa shape index (κ2) is 10.8. The van der Waals surface area contributed by atoms with E-state index in [0.717, 1.165) is 0 Å². The van der Waals surface area contributed by atoms with Gasteiger partial charge in [-0.1, -0.05) is 17.4 Å². The van der Waals surface area contributed by atoms with Gasteiger partial charge in [0.25, 0.3) is 11.2 Å². The number of allylic oxidation sites excluding steroid dienone is 1. The van der Waals surface area contributed by atoms with E-state index in [2.05, 4.69) is 4.99 Å². The van der Waals surface area contributed by atoms with Crippen LogP contribution in [0.2, 0.25) is 0 Å². The van der Waals surface area contributed by atoms with Crippen molar-refractivity contribution in [2.45, 2.75) is 26.8 Å². The molecule has 0 spiro atoms. The number of rotatable bonds is 8. The number of benzene rings is 2. The summed E-state index contributed by atoms with van der Waals surface area (Å²) in [5.74, 6) is 0.440. The lowest BCUT2D eigenvalue weighted by molar-refractivity contribution is -0.384. The minimum Gasteiger partial charge on any atom is -0.493 e. The molecule has 0 amide bonds. The Morgan fingerprint density at radius 3 is 2.51 bits per heavy atom. The first-order valence-electron chi connectivity index (χ1n) is 11.5. The number of nitrogens with zero attached hydrogens (tertiary/aromatic N) is 3. The second-order valence-electron chi connectivity index (χ2n) is 7.99. The van der Waals surface area contributed by atoms with Gasteiger partial charge < -0.3 is 14.2 Å². The number of ether oxygens (including phenoxy) is 3. The van der Waals surface area contributed by atoms with Gasteiger partial charge in [-0.05, 0) is 62.2 Å². The number of esters is 1. The maximum absolute atomic E-state index is 13.7. The van der Waals surface area contributed by atoms with Gasteiger partial charge in [-0.3, -0.25) is 19.5 Å². The van der Waals surface area contributed by atoms with Crippen LogP contribution >= 0.6 is 11.3 Å². The molecule has 0 radical (unpaired) electrons. The minimum atomic E-state index is -0.806. The number of hydrogen-bond acceptors (Lipinski definition) is 9. The van der Waals surface area contributed by atoms with Crippen LogP contribution in [0.3, 0.4) is 0 Å². The molecule has 1 aromatic heterocycles. The average Bonchev–Trinajstić information content (AvgIpc) is 3.18.